The summed E-state index contributed by atoms with van der Waals surface area (Å²) in [5, 5.41) is 5.12. The van der Waals surface area contributed by atoms with Gasteiger partial charge in [-0.3, -0.25) is 0 Å². The van der Waals surface area contributed by atoms with Crippen molar-refractivity contribution in [2.45, 2.75) is 12.8 Å². The summed E-state index contributed by atoms with van der Waals surface area (Å²) in [7, 11) is 0. The second kappa shape index (κ2) is 6.47. The first kappa shape index (κ1) is 13.0. The maximum absolute atomic E-state index is 6.11. The van der Waals surface area contributed by atoms with Gasteiger partial charge in [-0.05, 0) is 37.0 Å². The quantitative estimate of drug-likeness (QED) is 0.791. The number of halogens is 1. The van der Waals surface area contributed by atoms with Gasteiger partial charge in [0, 0.05) is 6.54 Å². The molecule has 1 heterocycles. The highest BCUT2D eigenvalue weighted by molar-refractivity contribution is 7.98. The molecule has 0 radical (unpaired) electrons. The SMILES string of the molecule is CSCCCCNc1nc2cccc(Cl)c2s1. The summed E-state index contributed by atoms with van der Waals surface area (Å²) in [5.41, 5.74) is 0.981. The molecule has 2 nitrogen and oxygen atoms in total. The van der Waals surface area contributed by atoms with Crippen molar-refractivity contribution in [2.75, 3.05) is 23.9 Å². The Bertz CT molecular complexity index is 484. The maximum atomic E-state index is 6.11. The highest BCUT2D eigenvalue weighted by Crippen LogP contribution is 2.31. The summed E-state index contributed by atoms with van der Waals surface area (Å²) in [6, 6.07) is 5.84. The van der Waals surface area contributed by atoms with Crippen molar-refractivity contribution >= 4 is 50.0 Å². The minimum atomic E-state index is 0.787. The van der Waals surface area contributed by atoms with Crippen LogP contribution in [0.2, 0.25) is 5.02 Å². The number of rotatable bonds is 6. The van der Waals surface area contributed by atoms with E-state index in [-0.39, 0.29) is 0 Å². The Hall–Kier alpha value is -0.450. The van der Waals surface area contributed by atoms with Crippen LogP contribution in [0.15, 0.2) is 18.2 Å². The average molecular weight is 287 g/mol. The van der Waals surface area contributed by atoms with E-state index in [1.807, 2.05) is 30.0 Å². The number of nitrogens with one attached hydrogen (secondary N) is 1. The molecule has 0 spiro atoms. The number of hydrogen-bond acceptors (Lipinski definition) is 4. The van der Waals surface area contributed by atoms with Gasteiger partial charge in [0.05, 0.1) is 15.2 Å². The van der Waals surface area contributed by atoms with Crippen molar-refractivity contribution in [3.8, 4) is 0 Å². The van der Waals surface area contributed by atoms with Gasteiger partial charge in [0.15, 0.2) is 5.13 Å². The van der Waals surface area contributed by atoms with E-state index in [2.05, 4.69) is 16.6 Å². The van der Waals surface area contributed by atoms with Crippen LogP contribution in [0.25, 0.3) is 10.2 Å². The van der Waals surface area contributed by atoms with Crippen LogP contribution >= 0.6 is 34.7 Å². The van der Waals surface area contributed by atoms with Crippen molar-refractivity contribution in [1.82, 2.24) is 4.98 Å². The minimum Gasteiger partial charge on any atom is -0.361 e. The first-order valence-electron chi connectivity index (χ1n) is 5.59. The van der Waals surface area contributed by atoms with E-state index in [1.165, 1.54) is 18.6 Å². The van der Waals surface area contributed by atoms with Crippen LogP contribution in [-0.2, 0) is 0 Å². The molecule has 0 aliphatic heterocycles. The number of fused-ring (bicyclic) bond motifs is 1. The van der Waals surface area contributed by atoms with Gasteiger partial charge in [-0.15, -0.1) is 0 Å². The number of aromatic nitrogens is 1. The van der Waals surface area contributed by atoms with Gasteiger partial charge in [0.25, 0.3) is 0 Å². The number of unbranched alkanes of at least 4 members (excludes halogenated alkanes) is 1. The number of hydrogen-bond donors (Lipinski definition) is 1. The number of thiazole rings is 1. The Labute approximate surface area is 115 Å². The van der Waals surface area contributed by atoms with Gasteiger partial charge in [0.2, 0.25) is 0 Å². The van der Waals surface area contributed by atoms with Crippen molar-refractivity contribution in [2.24, 2.45) is 0 Å². The van der Waals surface area contributed by atoms with Gasteiger partial charge < -0.3 is 5.32 Å². The predicted octanol–water partition coefficient (Wildman–Crippen LogP) is 4.50. The van der Waals surface area contributed by atoms with Gasteiger partial charge in [-0.1, -0.05) is 29.0 Å². The van der Waals surface area contributed by atoms with Crippen LogP contribution in [0.5, 0.6) is 0 Å². The van der Waals surface area contributed by atoms with E-state index in [1.54, 1.807) is 11.3 Å². The first-order valence-corrected chi connectivity index (χ1v) is 8.18. The molecule has 0 aliphatic rings. The first-order chi connectivity index (χ1) is 8.31. The zero-order chi connectivity index (χ0) is 12.1. The lowest BCUT2D eigenvalue weighted by atomic mass is 10.3. The molecule has 0 aliphatic carbocycles. The lowest BCUT2D eigenvalue weighted by Gasteiger charge is -2.00. The van der Waals surface area contributed by atoms with E-state index in [9.17, 15) is 0 Å². The standard InChI is InChI=1S/C12H15ClN2S2/c1-16-8-3-2-7-14-12-15-10-6-4-5-9(13)11(10)17-12/h4-6H,2-3,7-8H2,1H3,(H,14,15). The summed E-state index contributed by atoms with van der Waals surface area (Å²) >= 11 is 9.64. The largest absolute Gasteiger partial charge is 0.361 e. The summed E-state index contributed by atoms with van der Waals surface area (Å²) in [6.07, 6.45) is 4.58. The fraction of sp³-hybridized carbons (Fsp3) is 0.417. The summed E-state index contributed by atoms with van der Waals surface area (Å²) in [6.45, 7) is 0.984. The maximum Gasteiger partial charge on any atom is 0.183 e. The molecular formula is C12H15ClN2S2. The molecule has 0 atom stereocenters. The van der Waals surface area contributed by atoms with Crippen LogP contribution in [0, 0.1) is 0 Å². The molecule has 0 unspecified atom stereocenters. The predicted molar refractivity (Wildman–Crippen MR) is 80.7 cm³/mol. The molecular weight excluding hydrogens is 272 g/mol. The molecule has 0 bridgehead atoms. The highest BCUT2D eigenvalue weighted by Gasteiger charge is 2.05. The third-order valence-corrected chi connectivity index (χ3v) is 4.60. The summed E-state index contributed by atoms with van der Waals surface area (Å²) < 4.78 is 1.07. The average Bonchev–Trinajstić information content (AvgIpc) is 2.73. The normalized spacial score (nSPS) is 10.9. The Balaban J connectivity index is 1.93. The van der Waals surface area contributed by atoms with Crippen LogP contribution in [0.4, 0.5) is 5.13 Å². The van der Waals surface area contributed by atoms with Crippen molar-refractivity contribution in [3.63, 3.8) is 0 Å². The van der Waals surface area contributed by atoms with Gasteiger partial charge >= 0.3 is 0 Å². The zero-order valence-corrected chi connectivity index (χ0v) is 12.1. The van der Waals surface area contributed by atoms with E-state index in [0.717, 1.165) is 26.9 Å². The molecule has 0 fully saturated rings. The second-order valence-corrected chi connectivity index (χ2v) is 6.13. The molecule has 0 amide bonds. The van der Waals surface area contributed by atoms with Crippen LogP contribution in [-0.4, -0.2) is 23.5 Å². The van der Waals surface area contributed by atoms with E-state index < -0.39 is 0 Å². The van der Waals surface area contributed by atoms with E-state index in [0.29, 0.717) is 0 Å². The summed E-state index contributed by atoms with van der Waals surface area (Å²) in [5.74, 6) is 1.23. The van der Waals surface area contributed by atoms with Crippen LogP contribution in [0.1, 0.15) is 12.8 Å². The molecule has 0 saturated heterocycles. The van der Waals surface area contributed by atoms with Crippen molar-refractivity contribution in [3.05, 3.63) is 23.2 Å². The fourth-order valence-electron chi connectivity index (χ4n) is 1.56. The molecule has 17 heavy (non-hydrogen) atoms. The lowest BCUT2D eigenvalue weighted by Crippen LogP contribution is -2.01. The van der Waals surface area contributed by atoms with Gasteiger partial charge in [0.1, 0.15) is 0 Å². The highest BCUT2D eigenvalue weighted by atomic mass is 35.5. The van der Waals surface area contributed by atoms with Gasteiger partial charge in [-0.2, -0.15) is 11.8 Å². The monoisotopic (exact) mass is 286 g/mol. The van der Waals surface area contributed by atoms with E-state index >= 15 is 0 Å². The lowest BCUT2D eigenvalue weighted by molar-refractivity contribution is 0.843. The summed E-state index contributed by atoms with van der Waals surface area (Å²) in [4.78, 5) is 4.51. The molecule has 1 aromatic carbocycles. The van der Waals surface area contributed by atoms with Gasteiger partial charge in [-0.25, -0.2) is 4.98 Å². The Morgan fingerprint density at radius 3 is 3.06 bits per heavy atom. The number of thioether (sulfide) groups is 1. The van der Waals surface area contributed by atoms with E-state index in [4.69, 9.17) is 11.6 Å². The molecule has 1 aromatic heterocycles. The zero-order valence-electron chi connectivity index (χ0n) is 9.70. The number of nitrogens with zero attached hydrogens (tertiary/aromatic N) is 1. The molecule has 2 rings (SSSR count). The molecule has 2 aromatic rings. The number of anilines is 1. The number of benzene rings is 1. The van der Waals surface area contributed by atoms with Crippen LogP contribution in [0.3, 0.4) is 0 Å². The molecule has 5 heteroatoms. The third-order valence-electron chi connectivity index (χ3n) is 2.42. The Morgan fingerprint density at radius 2 is 2.29 bits per heavy atom. The second-order valence-electron chi connectivity index (χ2n) is 3.73. The minimum absolute atomic E-state index is 0.787. The van der Waals surface area contributed by atoms with Crippen LogP contribution < -0.4 is 5.32 Å². The topological polar surface area (TPSA) is 24.9 Å². The Morgan fingerprint density at radius 1 is 1.41 bits per heavy atom. The molecule has 0 saturated carbocycles. The van der Waals surface area contributed by atoms with Crippen molar-refractivity contribution < 1.29 is 0 Å². The Kier molecular flexibility index (Phi) is 4.95. The smallest absolute Gasteiger partial charge is 0.183 e. The molecule has 92 valence electrons. The molecule has 1 N–H and O–H groups in total. The fourth-order valence-corrected chi connectivity index (χ4v) is 3.23. The van der Waals surface area contributed by atoms with Crippen molar-refractivity contribution in [1.29, 1.82) is 0 Å². The third kappa shape index (κ3) is 3.50.